The highest BCUT2D eigenvalue weighted by atomic mass is 79.9. The highest BCUT2D eigenvalue weighted by molar-refractivity contribution is 9.10. The van der Waals surface area contributed by atoms with E-state index in [1.165, 1.54) is 0 Å². The van der Waals surface area contributed by atoms with Gasteiger partial charge in [0.05, 0.1) is 12.5 Å². The van der Waals surface area contributed by atoms with Gasteiger partial charge in [-0.2, -0.15) is 0 Å². The maximum Gasteiger partial charge on any atom is 0.313 e. The lowest BCUT2D eigenvalue weighted by Gasteiger charge is -2.14. The summed E-state index contributed by atoms with van der Waals surface area (Å²) in [6, 6.07) is 7.69. The lowest BCUT2D eigenvalue weighted by Crippen LogP contribution is -2.15. The number of allylic oxidation sites excluding steroid dienone is 1. The fourth-order valence-corrected chi connectivity index (χ4v) is 1.74. The molecule has 0 bridgehead atoms. The van der Waals surface area contributed by atoms with Crippen molar-refractivity contribution in [1.82, 2.24) is 0 Å². The van der Waals surface area contributed by atoms with Crippen LogP contribution in [0.1, 0.15) is 24.8 Å². The third kappa shape index (κ3) is 3.49. The van der Waals surface area contributed by atoms with Gasteiger partial charge in [0.15, 0.2) is 0 Å². The molecule has 0 radical (unpaired) electrons. The molecule has 3 heteroatoms. The van der Waals surface area contributed by atoms with E-state index >= 15 is 0 Å². The van der Waals surface area contributed by atoms with Gasteiger partial charge >= 0.3 is 5.97 Å². The molecule has 16 heavy (non-hydrogen) atoms. The molecular weight excluding hydrogens is 268 g/mol. The first-order chi connectivity index (χ1) is 7.69. The van der Waals surface area contributed by atoms with Crippen LogP contribution in [0.5, 0.6) is 0 Å². The molecule has 1 aromatic rings. The number of hydrogen-bond acceptors (Lipinski definition) is 2. The van der Waals surface area contributed by atoms with Crippen molar-refractivity contribution in [2.45, 2.75) is 19.3 Å². The second kappa shape index (κ2) is 6.48. The van der Waals surface area contributed by atoms with Crippen LogP contribution in [0.3, 0.4) is 0 Å². The fraction of sp³-hybridized carbons (Fsp3) is 0.308. The van der Waals surface area contributed by atoms with Gasteiger partial charge in [0.25, 0.3) is 0 Å². The van der Waals surface area contributed by atoms with Gasteiger partial charge < -0.3 is 4.74 Å². The maximum absolute atomic E-state index is 11.7. The zero-order valence-corrected chi connectivity index (χ0v) is 10.9. The number of carbonyl (C=O) groups excluding carboxylic acids is 1. The molecule has 0 saturated carbocycles. The van der Waals surface area contributed by atoms with E-state index in [1.807, 2.05) is 31.2 Å². The summed E-state index contributed by atoms with van der Waals surface area (Å²) in [5, 5.41) is 0. The Kier molecular flexibility index (Phi) is 5.26. The molecule has 0 spiro atoms. The Bertz CT molecular complexity index is 357. The summed E-state index contributed by atoms with van der Waals surface area (Å²) in [7, 11) is 0. The first-order valence-corrected chi connectivity index (χ1v) is 6.01. The van der Waals surface area contributed by atoms with E-state index in [2.05, 4.69) is 22.5 Å². The number of ether oxygens (including phenoxy) is 1. The van der Waals surface area contributed by atoms with Crippen LogP contribution >= 0.6 is 15.9 Å². The minimum Gasteiger partial charge on any atom is -0.466 e. The zero-order valence-electron chi connectivity index (χ0n) is 9.28. The molecule has 0 amide bonds. The number of hydrogen-bond donors (Lipinski definition) is 0. The SMILES string of the molecule is C=CC[C@@H](C(=O)OCC)c1ccc(Br)cc1. The molecular formula is C13H15BrO2. The van der Waals surface area contributed by atoms with Crippen molar-refractivity contribution in [2.75, 3.05) is 6.61 Å². The minimum absolute atomic E-state index is 0.190. The van der Waals surface area contributed by atoms with Gasteiger partial charge in [-0.1, -0.05) is 34.1 Å². The van der Waals surface area contributed by atoms with Gasteiger partial charge in [-0.15, -0.1) is 6.58 Å². The van der Waals surface area contributed by atoms with Crippen LogP contribution in [-0.2, 0) is 9.53 Å². The standard InChI is InChI=1S/C13H15BrO2/c1-3-5-12(13(15)16-4-2)10-6-8-11(14)9-7-10/h3,6-9,12H,1,4-5H2,2H3/t12-/m1/s1. The third-order valence-corrected chi connectivity index (χ3v) is 2.77. The molecule has 0 fully saturated rings. The topological polar surface area (TPSA) is 26.3 Å². The number of rotatable bonds is 5. The van der Waals surface area contributed by atoms with Crippen molar-refractivity contribution in [3.63, 3.8) is 0 Å². The Labute approximate surface area is 104 Å². The van der Waals surface area contributed by atoms with Crippen molar-refractivity contribution in [3.8, 4) is 0 Å². The molecule has 2 nitrogen and oxygen atoms in total. The summed E-state index contributed by atoms with van der Waals surface area (Å²) in [6.45, 7) is 5.88. The van der Waals surface area contributed by atoms with Crippen molar-refractivity contribution in [2.24, 2.45) is 0 Å². The third-order valence-electron chi connectivity index (χ3n) is 2.25. The maximum atomic E-state index is 11.7. The van der Waals surface area contributed by atoms with Crippen LogP contribution in [0.2, 0.25) is 0 Å². The van der Waals surface area contributed by atoms with Crippen LogP contribution < -0.4 is 0 Å². The van der Waals surface area contributed by atoms with Gasteiger partial charge in [-0.05, 0) is 31.0 Å². The van der Waals surface area contributed by atoms with Crippen molar-refractivity contribution < 1.29 is 9.53 Å². The summed E-state index contributed by atoms with van der Waals surface area (Å²) in [5.41, 5.74) is 0.960. The Hall–Kier alpha value is -1.09. The molecule has 0 saturated heterocycles. The second-order valence-corrected chi connectivity index (χ2v) is 4.30. The van der Waals surface area contributed by atoms with Crippen molar-refractivity contribution in [1.29, 1.82) is 0 Å². The van der Waals surface area contributed by atoms with E-state index in [0.29, 0.717) is 13.0 Å². The average Bonchev–Trinajstić information content (AvgIpc) is 2.28. The largest absolute Gasteiger partial charge is 0.466 e. The average molecular weight is 283 g/mol. The van der Waals surface area contributed by atoms with E-state index in [1.54, 1.807) is 6.08 Å². The van der Waals surface area contributed by atoms with Gasteiger partial charge in [-0.25, -0.2) is 0 Å². The monoisotopic (exact) mass is 282 g/mol. The Morgan fingerprint density at radius 1 is 1.50 bits per heavy atom. The van der Waals surface area contributed by atoms with E-state index in [0.717, 1.165) is 10.0 Å². The van der Waals surface area contributed by atoms with Crippen LogP contribution in [0.15, 0.2) is 41.4 Å². The summed E-state index contributed by atoms with van der Waals surface area (Å²) in [4.78, 5) is 11.7. The molecule has 1 atom stereocenters. The predicted octanol–water partition coefficient (Wildman–Crippen LogP) is 3.67. The summed E-state index contributed by atoms with van der Waals surface area (Å²) >= 11 is 3.36. The molecule has 1 rings (SSSR count). The quantitative estimate of drug-likeness (QED) is 0.608. The molecule has 0 unspecified atom stereocenters. The minimum atomic E-state index is -0.245. The number of benzene rings is 1. The van der Waals surface area contributed by atoms with E-state index in [9.17, 15) is 4.79 Å². The van der Waals surface area contributed by atoms with E-state index in [-0.39, 0.29) is 11.9 Å². The van der Waals surface area contributed by atoms with Crippen molar-refractivity contribution >= 4 is 21.9 Å². The zero-order chi connectivity index (χ0) is 12.0. The van der Waals surface area contributed by atoms with Gasteiger partial charge in [0.2, 0.25) is 0 Å². The summed E-state index contributed by atoms with van der Waals surface area (Å²) in [6.07, 6.45) is 2.34. The lowest BCUT2D eigenvalue weighted by molar-refractivity contribution is -0.144. The molecule has 0 aliphatic rings. The van der Waals surface area contributed by atoms with Crippen LogP contribution in [0.4, 0.5) is 0 Å². The Morgan fingerprint density at radius 3 is 2.62 bits per heavy atom. The molecule has 86 valence electrons. The van der Waals surface area contributed by atoms with E-state index in [4.69, 9.17) is 4.74 Å². The molecule has 0 aliphatic heterocycles. The smallest absolute Gasteiger partial charge is 0.313 e. The Balaban J connectivity index is 2.88. The van der Waals surface area contributed by atoms with Crippen LogP contribution in [-0.4, -0.2) is 12.6 Å². The summed E-state index contributed by atoms with van der Waals surface area (Å²) in [5.74, 6) is -0.435. The number of carbonyl (C=O) groups is 1. The Morgan fingerprint density at radius 2 is 2.12 bits per heavy atom. The number of esters is 1. The molecule has 0 heterocycles. The first kappa shape index (κ1) is 13.0. The molecule has 0 aromatic heterocycles. The second-order valence-electron chi connectivity index (χ2n) is 3.38. The molecule has 0 N–H and O–H groups in total. The van der Waals surface area contributed by atoms with Crippen molar-refractivity contribution in [3.05, 3.63) is 47.0 Å². The fourth-order valence-electron chi connectivity index (χ4n) is 1.47. The highest BCUT2D eigenvalue weighted by Crippen LogP contribution is 2.23. The van der Waals surface area contributed by atoms with Gasteiger partial charge in [-0.3, -0.25) is 4.79 Å². The van der Waals surface area contributed by atoms with Gasteiger partial charge in [0, 0.05) is 4.47 Å². The normalized spacial score (nSPS) is 11.9. The molecule has 1 aromatic carbocycles. The first-order valence-electron chi connectivity index (χ1n) is 5.22. The van der Waals surface area contributed by atoms with Crippen LogP contribution in [0, 0.1) is 0 Å². The lowest BCUT2D eigenvalue weighted by atomic mass is 9.96. The highest BCUT2D eigenvalue weighted by Gasteiger charge is 2.20. The predicted molar refractivity (Wildman–Crippen MR) is 68.3 cm³/mol. The molecule has 0 aliphatic carbocycles. The summed E-state index contributed by atoms with van der Waals surface area (Å²) < 4.78 is 6.04. The van der Waals surface area contributed by atoms with Gasteiger partial charge in [0.1, 0.15) is 0 Å². The van der Waals surface area contributed by atoms with E-state index < -0.39 is 0 Å². The van der Waals surface area contributed by atoms with Crippen LogP contribution in [0.25, 0.3) is 0 Å². The number of halogens is 1.